The number of nitrogens with one attached hydrogen (secondary N) is 4. The van der Waals surface area contributed by atoms with Gasteiger partial charge in [-0.1, -0.05) is 127 Å². The maximum atomic E-state index is 13.4. The summed E-state index contributed by atoms with van der Waals surface area (Å²) in [5, 5.41) is 0. The van der Waals surface area contributed by atoms with E-state index in [-0.39, 0.29) is 91.0 Å². The molecule has 5 aliphatic heterocycles. The molecular formula is C90H116BBrN12O10. The number of H-pyrrole nitrogens is 4. The Morgan fingerprint density at radius 3 is 1.04 bits per heavy atom. The van der Waals surface area contributed by atoms with Gasteiger partial charge in [-0.2, -0.15) is 0 Å². The molecule has 24 heteroatoms. The fourth-order valence-electron chi connectivity index (χ4n) is 19.1. The first-order chi connectivity index (χ1) is 54.0. The van der Waals surface area contributed by atoms with Crippen LogP contribution in [0.1, 0.15) is 261 Å². The molecule has 4 bridgehead atoms. The molecule has 4 saturated carbocycles. The van der Waals surface area contributed by atoms with Crippen LogP contribution in [0.25, 0.3) is 56.2 Å². The van der Waals surface area contributed by atoms with Crippen molar-refractivity contribution < 1.29 is 47.4 Å². The van der Waals surface area contributed by atoms with Gasteiger partial charge < -0.3 is 48.2 Å². The first kappa shape index (κ1) is 80.5. The Balaban J connectivity index is 0.000000144. The molecule has 17 rings (SSSR count). The number of carbonyl (C=O) groups is 4. The van der Waals surface area contributed by atoms with Gasteiger partial charge in [0.25, 0.3) is 0 Å². The van der Waals surface area contributed by atoms with E-state index in [0.29, 0.717) is 23.7 Å². The molecule has 4 N–H and O–H groups in total. The molecule has 9 heterocycles. The number of hydrogen-bond acceptors (Lipinski definition) is 14. The third-order valence-corrected chi connectivity index (χ3v) is 25.5. The second kappa shape index (κ2) is 31.4. The Labute approximate surface area is 680 Å². The molecule has 4 aliphatic carbocycles. The summed E-state index contributed by atoms with van der Waals surface area (Å²) in [6.45, 7) is 31.3. The minimum atomic E-state index is -0.546. The van der Waals surface area contributed by atoms with Gasteiger partial charge in [-0.25, -0.2) is 39.1 Å². The van der Waals surface area contributed by atoms with E-state index in [1.807, 2.05) is 152 Å². The van der Waals surface area contributed by atoms with Crippen molar-refractivity contribution in [2.45, 2.75) is 295 Å². The van der Waals surface area contributed by atoms with E-state index < -0.39 is 22.4 Å². The summed E-state index contributed by atoms with van der Waals surface area (Å²) in [6, 6.07) is 34.0. The lowest BCUT2D eigenvalue weighted by molar-refractivity contribution is 0.00523. The van der Waals surface area contributed by atoms with Crippen LogP contribution in [0, 0.1) is 23.7 Å². The second-order valence-electron chi connectivity index (χ2n) is 38.2. The monoisotopic (exact) mass is 1610 g/mol. The number of hydrogen-bond donors (Lipinski definition) is 4. The van der Waals surface area contributed by atoms with Gasteiger partial charge >= 0.3 is 31.5 Å². The number of fused-ring (bicyclic) bond motifs is 6. The number of carbonyl (C=O) groups excluding carboxylic acids is 4. The topological polar surface area (TPSA) is 251 Å². The summed E-state index contributed by atoms with van der Waals surface area (Å²) >= 11 is 3.46. The molecule has 9 aliphatic rings. The van der Waals surface area contributed by atoms with Gasteiger partial charge in [-0.05, 0) is 262 Å². The molecule has 5 saturated heterocycles. The Kier molecular flexibility index (Phi) is 22.1. The summed E-state index contributed by atoms with van der Waals surface area (Å²) in [4.78, 5) is 93.5. The van der Waals surface area contributed by atoms with Crippen molar-refractivity contribution in [3.8, 4) is 56.2 Å². The molecule has 0 spiro atoms. The van der Waals surface area contributed by atoms with E-state index in [1.165, 1.54) is 12.8 Å². The highest BCUT2D eigenvalue weighted by Gasteiger charge is 2.55. The van der Waals surface area contributed by atoms with Crippen molar-refractivity contribution in [1.29, 1.82) is 0 Å². The Morgan fingerprint density at radius 2 is 0.684 bits per heavy atom. The third kappa shape index (κ3) is 17.2. The average molecular weight is 1620 g/mol. The van der Waals surface area contributed by atoms with Gasteiger partial charge in [-0.3, -0.25) is 19.6 Å². The summed E-state index contributed by atoms with van der Waals surface area (Å²) in [5.74, 6) is 5.20. The predicted octanol–water partition coefficient (Wildman–Crippen LogP) is 20.8. The largest absolute Gasteiger partial charge is 0.494 e. The molecule has 12 atom stereocenters. The summed E-state index contributed by atoms with van der Waals surface area (Å²) in [5.41, 5.74) is 8.38. The van der Waals surface area contributed by atoms with Crippen LogP contribution in [0.2, 0.25) is 0 Å². The van der Waals surface area contributed by atoms with Gasteiger partial charge in [0.15, 0.2) is 0 Å². The zero-order valence-electron chi connectivity index (χ0n) is 69.4. The lowest BCUT2D eigenvalue weighted by Crippen LogP contribution is -2.43. The Hall–Kier alpha value is -8.74. The smallest absolute Gasteiger partial charge is 0.444 e. The quantitative estimate of drug-likeness (QED) is 0.0734. The lowest BCUT2D eigenvalue weighted by atomic mass is 9.79. The highest BCUT2D eigenvalue weighted by molar-refractivity contribution is 9.10. The van der Waals surface area contributed by atoms with E-state index in [0.717, 1.165) is 179 Å². The molecule has 4 aromatic heterocycles. The van der Waals surface area contributed by atoms with Crippen molar-refractivity contribution >= 4 is 52.9 Å². The van der Waals surface area contributed by atoms with Crippen molar-refractivity contribution in [2.75, 3.05) is 0 Å². The van der Waals surface area contributed by atoms with Crippen LogP contribution in [0.15, 0.2) is 126 Å². The molecule has 0 radical (unpaired) electrons. The van der Waals surface area contributed by atoms with Crippen LogP contribution in [0.5, 0.6) is 0 Å². The number of rotatable bonds is 10. The fourth-order valence-corrected chi connectivity index (χ4v) is 19.3. The molecule has 8 aromatic rings. The second-order valence-corrected chi connectivity index (χ2v) is 39.1. The molecule has 9 fully saturated rings. The number of halogens is 1. The van der Waals surface area contributed by atoms with Crippen LogP contribution in [-0.2, 0) is 28.3 Å². The summed E-state index contributed by atoms with van der Waals surface area (Å²) in [7, 11) is -0.384. The highest BCUT2D eigenvalue weighted by atomic mass is 79.9. The number of piperidine rings is 2. The third-order valence-electron chi connectivity index (χ3n) is 25.0. The SMILES string of the molecule is CC(C)(C)OC(=O)N1C2CCC(C2)[C@H]1c1ncc(-c2ccc(-c3ccc(-c4cnc([C@@H]5CC6CCCCC6N5C(=O)OC(C)(C)C)[nH]4)cc3)cc2)[nH]1.CC(C)(C)OC(=O)N1C2CCC(C2)[C@H]1c1ncc(-c2ccc(Br)cc2)[nH]1.CC(C)(C)OC(=O)N1C2CCCCC2C[C@H]1c1ncc(-c2ccc(B3OC(C)(C)C(C)(C)O3)cc2)[nH]1. The van der Waals surface area contributed by atoms with Gasteiger partial charge in [-0.15, -0.1) is 0 Å². The summed E-state index contributed by atoms with van der Waals surface area (Å²) < 4.78 is 36.6. The lowest BCUT2D eigenvalue weighted by Gasteiger charge is -2.35. The fraction of sp³-hybridized carbons (Fsp3) is 0.556. The molecule has 4 amide bonds. The normalized spacial score (nSPS) is 26.0. The number of aromatic nitrogens is 8. The van der Waals surface area contributed by atoms with Crippen LogP contribution in [0.4, 0.5) is 19.2 Å². The number of likely N-dealkylation sites (tertiary alicyclic amines) is 4. The van der Waals surface area contributed by atoms with E-state index in [1.54, 1.807) is 0 Å². The Bertz CT molecular complexity index is 4720. The van der Waals surface area contributed by atoms with Crippen molar-refractivity contribution in [1.82, 2.24) is 59.5 Å². The minimum absolute atomic E-state index is 0.0206. The molecule has 22 nitrogen and oxygen atoms in total. The first-order valence-corrected chi connectivity index (χ1v) is 42.4. The van der Waals surface area contributed by atoms with Crippen molar-refractivity contribution in [3.05, 3.63) is 150 Å². The van der Waals surface area contributed by atoms with Crippen LogP contribution >= 0.6 is 15.9 Å². The molecule has 114 heavy (non-hydrogen) atoms. The van der Waals surface area contributed by atoms with E-state index in [2.05, 4.69) is 141 Å². The molecule has 4 aromatic carbocycles. The zero-order chi connectivity index (χ0) is 80.7. The van der Waals surface area contributed by atoms with Crippen LogP contribution in [0.3, 0.4) is 0 Å². The highest BCUT2D eigenvalue weighted by Crippen LogP contribution is 2.54. The van der Waals surface area contributed by atoms with Crippen molar-refractivity contribution in [2.24, 2.45) is 23.7 Å². The summed E-state index contributed by atoms with van der Waals surface area (Å²) in [6.07, 6.45) is 23.9. The average Bonchev–Trinajstić information content (AvgIpc) is 1.63. The maximum absolute atomic E-state index is 13.4. The molecule has 8 unspecified atom stereocenters. The number of benzene rings is 4. The number of amides is 4. The molecular weight excluding hydrogens is 1500 g/mol. The maximum Gasteiger partial charge on any atom is 0.494 e. The van der Waals surface area contributed by atoms with Crippen LogP contribution < -0.4 is 5.46 Å². The zero-order valence-corrected chi connectivity index (χ0v) is 71.0. The van der Waals surface area contributed by atoms with Gasteiger partial charge in [0.2, 0.25) is 0 Å². The number of ether oxygens (including phenoxy) is 4. The molecule has 606 valence electrons. The number of imidazole rings is 4. The van der Waals surface area contributed by atoms with E-state index in [9.17, 15) is 19.2 Å². The predicted molar refractivity (Wildman–Crippen MR) is 445 cm³/mol. The van der Waals surface area contributed by atoms with Gasteiger partial charge in [0.05, 0.1) is 82.9 Å². The Morgan fingerprint density at radius 1 is 0.386 bits per heavy atom. The van der Waals surface area contributed by atoms with Gasteiger partial charge in [0.1, 0.15) is 45.7 Å². The van der Waals surface area contributed by atoms with E-state index >= 15 is 0 Å². The van der Waals surface area contributed by atoms with Crippen LogP contribution in [-0.4, -0.2) is 149 Å². The van der Waals surface area contributed by atoms with Crippen molar-refractivity contribution in [3.63, 3.8) is 0 Å². The number of nitrogens with zero attached hydrogens (tertiary/aromatic N) is 8. The standard InChI is InChI=1S/C42H52N6O4.C28H40BN3O4.C20H24BrN3O2/c1-41(2,3)51-39(49)47-31-20-19-30(21-31)36(47)38-44-24-33(46-38)28-17-13-26(14-18-28)25-11-15-27(16-12-25)32-23-43-37(45-32)35-22-29-9-7-8-10-34(29)48(35)40(50)52-42(4,5)6;1-26(2,3)34-25(33)32-22-11-9-8-10-19(22)16-23(32)24-30-17-21(31-24)18-12-14-20(15-13-18)29-35-27(4,5)28(6,7)36-29;1-20(2,3)26-19(25)24-15-9-6-13(10-15)17(24)18-22-11-16(23-18)12-4-7-14(21)8-5-12/h11-18,23-24,29-31,34-36H,7-10,19-22H2,1-6H3,(H,43,45)(H,44,46);12-15,17,19,22-23H,8-11,16H2,1-7H3,(H,30,31);4-5,7-8,11,13,15,17H,6,9-10H2,1-3H3,(H,22,23)/t29?,30?,31?,34?,35-,36-;19?,22?,23-;13?,15?,17-/m000/s1. The number of aromatic amines is 4. The van der Waals surface area contributed by atoms with Gasteiger partial charge in [0, 0.05) is 28.6 Å². The van der Waals surface area contributed by atoms with E-state index in [4.69, 9.17) is 43.2 Å². The first-order valence-electron chi connectivity index (χ1n) is 41.7. The minimum Gasteiger partial charge on any atom is -0.444 e.